The Hall–Kier alpha value is -1.71. The van der Waals surface area contributed by atoms with E-state index in [9.17, 15) is 4.79 Å². The largest absolute Gasteiger partial charge is 0.486 e. The van der Waals surface area contributed by atoms with Crippen molar-refractivity contribution in [3.63, 3.8) is 0 Å². The van der Waals surface area contributed by atoms with Crippen molar-refractivity contribution in [2.24, 2.45) is 5.92 Å². The van der Waals surface area contributed by atoms with Crippen molar-refractivity contribution >= 4 is 5.91 Å². The van der Waals surface area contributed by atoms with E-state index in [0.29, 0.717) is 19.1 Å². The number of amides is 1. The maximum absolute atomic E-state index is 12.9. The van der Waals surface area contributed by atoms with Gasteiger partial charge in [-0.25, -0.2) is 0 Å². The molecule has 2 heterocycles. The standard InChI is InChI=1S/C18H23NO3/c20-18(13-5-1-2-6-13)19-10-4-8-15(19)14-7-3-9-16-17(14)22-12-11-21-16/h3,7,9,13,15H,1-2,4-6,8,10-12H2. The highest BCUT2D eigenvalue weighted by Crippen LogP contribution is 2.43. The zero-order chi connectivity index (χ0) is 14.9. The first-order valence-electron chi connectivity index (χ1n) is 8.53. The van der Waals surface area contributed by atoms with Crippen LogP contribution in [0.15, 0.2) is 18.2 Å². The van der Waals surface area contributed by atoms with Crippen molar-refractivity contribution in [2.75, 3.05) is 19.8 Å². The molecular formula is C18H23NO3. The van der Waals surface area contributed by atoms with Gasteiger partial charge in [-0.05, 0) is 31.7 Å². The van der Waals surface area contributed by atoms with Crippen molar-refractivity contribution in [2.45, 2.75) is 44.6 Å². The summed E-state index contributed by atoms with van der Waals surface area (Å²) in [6, 6.07) is 6.22. The van der Waals surface area contributed by atoms with E-state index in [1.54, 1.807) is 0 Å². The van der Waals surface area contributed by atoms with Gasteiger partial charge >= 0.3 is 0 Å². The van der Waals surface area contributed by atoms with Gasteiger partial charge in [0.25, 0.3) is 0 Å². The van der Waals surface area contributed by atoms with Crippen molar-refractivity contribution in [3.8, 4) is 11.5 Å². The van der Waals surface area contributed by atoms with Gasteiger partial charge in [0, 0.05) is 18.0 Å². The van der Waals surface area contributed by atoms with Crippen LogP contribution in [0.5, 0.6) is 11.5 Å². The summed E-state index contributed by atoms with van der Waals surface area (Å²) in [5.41, 5.74) is 1.13. The SMILES string of the molecule is O=C(C1CCCC1)N1CCCC1c1cccc2c1OCCO2. The third-order valence-corrected chi connectivity index (χ3v) is 5.20. The molecule has 1 atom stereocenters. The van der Waals surface area contributed by atoms with Crippen LogP contribution in [-0.2, 0) is 4.79 Å². The number of carbonyl (C=O) groups excluding carboxylic acids is 1. The first-order chi connectivity index (χ1) is 10.8. The van der Waals surface area contributed by atoms with Gasteiger partial charge in [-0.1, -0.05) is 25.0 Å². The quantitative estimate of drug-likeness (QED) is 0.841. The fraction of sp³-hybridized carbons (Fsp3) is 0.611. The second-order valence-corrected chi connectivity index (χ2v) is 6.54. The number of likely N-dealkylation sites (tertiary alicyclic amines) is 1. The van der Waals surface area contributed by atoms with E-state index in [2.05, 4.69) is 11.0 Å². The van der Waals surface area contributed by atoms with E-state index in [1.807, 2.05) is 12.1 Å². The lowest BCUT2D eigenvalue weighted by Gasteiger charge is -2.30. The molecule has 118 valence electrons. The van der Waals surface area contributed by atoms with Gasteiger partial charge in [0.05, 0.1) is 6.04 Å². The van der Waals surface area contributed by atoms with Gasteiger partial charge in [0.15, 0.2) is 11.5 Å². The molecule has 0 radical (unpaired) electrons. The van der Waals surface area contributed by atoms with Crippen LogP contribution in [0.2, 0.25) is 0 Å². The van der Waals surface area contributed by atoms with Crippen molar-refractivity contribution in [1.82, 2.24) is 4.90 Å². The van der Waals surface area contributed by atoms with E-state index in [0.717, 1.165) is 49.3 Å². The molecule has 1 saturated carbocycles. The predicted molar refractivity (Wildman–Crippen MR) is 83.1 cm³/mol. The second kappa shape index (κ2) is 5.82. The third kappa shape index (κ3) is 2.34. The molecule has 4 rings (SSSR count). The second-order valence-electron chi connectivity index (χ2n) is 6.54. The zero-order valence-electron chi connectivity index (χ0n) is 12.9. The summed E-state index contributed by atoms with van der Waals surface area (Å²) in [5, 5.41) is 0. The molecule has 2 fully saturated rings. The number of para-hydroxylation sites is 1. The lowest BCUT2D eigenvalue weighted by molar-refractivity contribution is -0.136. The Morgan fingerprint density at radius 1 is 1.05 bits per heavy atom. The molecule has 1 aromatic rings. The molecule has 1 unspecified atom stereocenters. The minimum atomic E-state index is 0.157. The molecule has 1 amide bonds. The van der Waals surface area contributed by atoms with Gasteiger partial charge in [0.1, 0.15) is 13.2 Å². The number of rotatable bonds is 2. The molecule has 0 aromatic heterocycles. The Morgan fingerprint density at radius 3 is 2.73 bits per heavy atom. The van der Waals surface area contributed by atoms with Gasteiger partial charge in [-0.15, -0.1) is 0 Å². The van der Waals surface area contributed by atoms with Gasteiger partial charge < -0.3 is 14.4 Å². The number of fused-ring (bicyclic) bond motifs is 1. The summed E-state index contributed by atoms with van der Waals surface area (Å²) in [5.74, 6) is 2.28. The Morgan fingerprint density at radius 2 is 1.86 bits per heavy atom. The maximum Gasteiger partial charge on any atom is 0.226 e. The minimum Gasteiger partial charge on any atom is -0.486 e. The summed E-state index contributed by atoms with van der Waals surface area (Å²) in [6.07, 6.45) is 6.63. The van der Waals surface area contributed by atoms with E-state index >= 15 is 0 Å². The van der Waals surface area contributed by atoms with E-state index in [-0.39, 0.29) is 12.0 Å². The number of hydrogen-bond acceptors (Lipinski definition) is 3. The van der Waals surface area contributed by atoms with Crippen molar-refractivity contribution in [1.29, 1.82) is 0 Å². The zero-order valence-corrected chi connectivity index (χ0v) is 12.9. The van der Waals surface area contributed by atoms with Crippen LogP contribution in [-0.4, -0.2) is 30.6 Å². The monoisotopic (exact) mass is 301 g/mol. The molecule has 0 N–H and O–H groups in total. The predicted octanol–water partition coefficient (Wildman–Crippen LogP) is 3.31. The van der Waals surface area contributed by atoms with E-state index < -0.39 is 0 Å². The number of benzene rings is 1. The van der Waals surface area contributed by atoms with Crippen LogP contribution in [0.3, 0.4) is 0 Å². The lowest BCUT2D eigenvalue weighted by Crippen LogP contribution is -2.35. The van der Waals surface area contributed by atoms with Crippen LogP contribution >= 0.6 is 0 Å². The first kappa shape index (κ1) is 13.9. The fourth-order valence-electron chi connectivity index (χ4n) is 4.12. The summed E-state index contributed by atoms with van der Waals surface area (Å²) in [6.45, 7) is 2.07. The fourth-order valence-corrected chi connectivity index (χ4v) is 4.12. The molecule has 1 aromatic carbocycles. The Balaban J connectivity index is 1.62. The number of hydrogen-bond donors (Lipinski definition) is 0. The molecule has 1 aliphatic carbocycles. The molecular weight excluding hydrogens is 278 g/mol. The van der Waals surface area contributed by atoms with Crippen LogP contribution in [0.4, 0.5) is 0 Å². The van der Waals surface area contributed by atoms with Gasteiger partial charge in [0.2, 0.25) is 5.91 Å². The Labute approximate surface area is 131 Å². The summed E-state index contributed by atoms with van der Waals surface area (Å²) in [4.78, 5) is 15.0. The highest BCUT2D eigenvalue weighted by Gasteiger charge is 2.37. The molecule has 0 bridgehead atoms. The van der Waals surface area contributed by atoms with Gasteiger partial charge in [-0.2, -0.15) is 0 Å². The number of nitrogens with zero attached hydrogens (tertiary/aromatic N) is 1. The molecule has 0 spiro atoms. The van der Waals surface area contributed by atoms with E-state index in [4.69, 9.17) is 9.47 Å². The highest BCUT2D eigenvalue weighted by atomic mass is 16.6. The van der Waals surface area contributed by atoms with Crippen molar-refractivity contribution in [3.05, 3.63) is 23.8 Å². The van der Waals surface area contributed by atoms with Crippen LogP contribution in [0, 0.1) is 5.92 Å². The molecule has 1 saturated heterocycles. The van der Waals surface area contributed by atoms with Crippen LogP contribution in [0.25, 0.3) is 0 Å². The molecule has 4 heteroatoms. The van der Waals surface area contributed by atoms with Crippen LogP contribution < -0.4 is 9.47 Å². The average molecular weight is 301 g/mol. The maximum atomic E-state index is 12.9. The minimum absolute atomic E-state index is 0.157. The normalized spacial score (nSPS) is 24.7. The topological polar surface area (TPSA) is 38.8 Å². The molecule has 3 aliphatic rings. The van der Waals surface area contributed by atoms with Gasteiger partial charge in [-0.3, -0.25) is 4.79 Å². The highest BCUT2D eigenvalue weighted by molar-refractivity contribution is 5.80. The Bertz CT molecular complexity index is 565. The van der Waals surface area contributed by atoms with Crippen molar-refractivity contribution < 1.29 is 14.3 Å². The number of carbonyl (C=O) groups is 1. The Kier molecular flexibility index (Phi) is 3.68. The van der Waals surface area contributed by atoms with Crippen LogP contribution in [0.1, 0.15) is 50.1 Å². The molecule has 2 aliphatic heterocycles. The molecule has 4 nitrogen and oxygen atoms in total. The third-order valence-electron chi connectivity index (χ3n) is 5.20. The summed E-state index contributed by atoms with van der Waals surface area (Å²) < 4.78 is 11.5. The first-order valence-corrected chi connectivity index (χ1v) is 8.53. The smallest absolute Gasteiger partial charge is 0.226 e. The lowest BCUT2D eigenvalue weighted by atomic mass is 10.0. The number of ether oxygens (including phenoxy) is 2. The van der Waals surface area contributed by atoms with E-state index in [1.165, 1.54) is 12.8 Å². The molecule has 22 heavy (non-hydrogen) atoms. The summed E-state index contributed by atoms with van der Waals surface area (Å²) in [7, 11) is 0. The average Bonchev–Trinajstić information content (AvgIpc) is 3.25. The summed E-state index contributed by atoms with van der Waals surface area (Å²) >= 11 is 0.